The molecule has 0 aliphatic carbocycles. The van der Waals surface area contributed by atoms with Gasteiger partial charge in [-0.1, -0.05) is 30.8 Å². The van der Waals surface area contributed by atoms with E-state index in [9.17, 15) is 4.79 Å². The van der Waals surface area contributed by atoms with Crippen molar-refractivity contribution >= 4 is 47.5 Å². The quantitative estimate of drug-likeness (QED) is 0.886. The van der Waals surface area contributed by atoms with E-state index in [1.54, 1.807) is 23.5 Å². The molecule has 0 aromatic heterocycles. The highest BCUT2D eigenvalue weighted by atomic mass is 35.5. The number of amides is 1. The lowest BCUT2D eigenvalue weighted by Gasteiger charge is -2.22. The fourth-order valence-electron chi connectivity index (χ4n) is 1.29. The van der Waals surface area contributed by atoms with Crippen LogP contribution in [-0.4, -0.2) is 16.2 Å². The third-order valence-corrected chi connectivity index (χ3v) is 4.50. The standard InChI is InChI=1S/C10H11NOS2.ClH/c1-2-13-10-9(12)11-7-5-3-4-6-8(7)14-10;/h3-6,10H,2H2,1H3,(H,11,12);1H. The molecule has 0 fully saturated rings. The van der Waals surface area contributed by atoms with Gasteiger partial charge in [-0.2, -0.15) is 0 Å². The minimum atomic E-state index is 0. The number of halogens is 1. The van der Waals surface area contributed by atoms with Gasteiger partial charge in [0, 0.05) is 4.90 Å². The Morgan fingerprint density at radius 3 is 2.93 bits per heavy atom. The van der Waals surface area contributed by atoms with E-state index in [-0.39, 0.29) is 22.9 Å². The Morgan fingerprint density at radius 1 is 1.47 bits per heavy atom. The Bertz CT molecular complexity index is 359. The smallest absolute Gasteiger partial charge is 0.248 e. The third kappa shape index (κ3) is 2.83. The number of thioether (sulfide) groups is 2. The van der Waals surface area contributed by atoms with Crippen molar-refractivity contribution in [1.29, 1.82) is 0 Å². The number of carbonyl (C=O) groups is 1. The van der Waals surface area contributed by atoms with Gasteiger partial charge in [0.2, 0.25) is 5.91 Å². The van der Waals surface area contributed by atoms with E-state index in [1.165, 1.54) is 0 Å². The number of rotatable bonds is 2. The predicted molar refractivity (Wildman–Crippen MR) is 70.1 cm³/mol. The first kappa shape index (κ1) is 12.7. The molecular weight excluding hydrogens is 250 g/mol. The first-order chi connectivity index (χ1) is 6.81. The summed E-state index contributed by atoms with van der Waals surface area (Å²) in [5.74, 6) is 1.08. The highest BCUT2D eigenvalue weighted by Gasteiger charge is 2.26. The zero-order valence-electron chi connectivity index (χ0n) is 8.23. The van der Waals surface area contributed by atoms with Gasteiger partial charge in [0.05, 0.1) is 5.69 Å². The van der Waals surface area contributed by atoms with Crippen LogP contribution in [0.3, 0.4) is 0 Å². The molecule has 0 spiro atoms. The molecule has 0 bridgehead atoms. The Labute approximate surface area is 104 Å². The summed E-state index contributed by atoms with van der Waals surface area (Å²) in [7, 11) is 0. The number of hydrogen-bond acceptors (Lipinski definition) is 3. The Morgan fingerprint density at radius 2 is 2.20 bits per heavy atom. The monoisotopic (exact) mass is 261 g/mol. The van der Waals surface area contributed by atoms with Gasteiger partial charge in [-0.3, -0.25) is 4.79 Å². The maximum Gasteiger partial charge on any atom is 0.248 e. The first-order valence-corrected chi connectivity index (χ1v) is 6.42. The second kappa shape index (κ2) is 5.68. The number of hydrogen-bond donors (Lipinski definition) is 1. The van der Waals surface area contributed by atoms with Crippen molar-refractivity contribution in [2.45, 2.75) is 16.4 Å². The number of benzene rings is 1. The van der Waals surface area contributed by atoms with Crippen LogP contribution in [-0.2, 0) is 4.79 Å². The van der Waals surface area contributed by atoms with Gasteiger partial charge in [-0.05, 0) is 17.9 Å². The summed E-state index contributed by atoms with van der Waals surface area (Å²) in [5.41, 5.74) is 0.940. The molecular formula is C10H12ClNOS2. The summed E-state index contributed by atoms with van der Waals surface area (Å²) in [6, 6.07) is 7.92. The van der Waals surface area contributed by atoms with Crippen molar-refractivity contribution in [1.82, 2.24) is 0 Å². The van der Waals surface area contributed by atoms with Crippen LogP contribution in [0.2, 0.25) is 0 Å². The molecule has 1 aliphatic heterocycles. The third-order valence-electron chi connectivity index (χ3n) is 1.91. The maximum atomic E-state index is 11.6. The molecule has 1 amide bonds. The van der Waals surface area contributed by atoms with Gasteiger partial charge >= 0.3 is 0 Å². The SMILES string of the molecule is CCSC1Sc2ccccc2NC1=O.Cl. The number of nitrogens with one attached hydrogen (secondary N) is 1. The van der Waals surface area contributed by atoms with Gasteiger partial charge in [0.1, 0.15) is 4.58 Å². The minimum absolute atomic E-state index is 0. The molecule has 1 heterocycles. The number of fused-ring (bicyclic) bond motifs is 1. The lowest BCUT2D eigenvalue weighted by Crippen LogP contribution is -2.26. The van der Waals surface area contributed by atoms with Crippen molar-refractivity contribution in [2.24, 2.45) is 0 Å². The molecule has 2 rings (SSSR count). The van der Waals surface area contributed by atoms with E-state index in [1.807, 2.05) is 24.3 Å². The van der Waals surface area contributed by atoms with Crippen molar-refractivity contribution in [2.75, 3.05) is 11.1 Å². The van der Waals surface area contributed by atoms with E-state index < -0.39 is 0 Å². The Hall–Kier alpha value is -0.320. The van der Waals surface area contributed by atoms with Gasteiger partial charge in [-0.25, -0.2) is 0 Å². The van der Waals surface area contributed by atoms with Gasteiger partial charge < -0.3 is 5.32 Å². The minimum Gasteiger partial charge on any atom is -0.323 e. The first-order valence-electron chi connectivity index (χ1n) is 4.49. The van der Waals surface area contributed by atoms with Crippen LogP contribution in [0.25, 0.3) is 0 Å². The number of carbonyl (C=O) groups excluding carboxylic acids is 1. The van der Waals surface area contributed by atoms with Crippen LogP contribution in [0, 0.1) is 0 Å². The van der Waals surface area contributed by atoms with Crippen LogP contribution in [0.15, 0.2) is 29.2 Å². The lowest BCUT2D eigenvalue weighted by molar-refractivity contribution is -0.114. The summed E-state index contributed by atoms with van der Waals surface area (Å²) in [6.45, 7) is 2.07. The van der Waals surface area contributed by atoms with E-state index in [0.717, 1.165) is 16.3 Å². The molecule has 0 saturated heterocycles. The molecule has 2 nitrogen and oxygen atoms in total. The number of para-hydroxylation sites is 1. The summed E-state index contributed by atoms with van der Waals surface area (Å²) in [6.07, 6.45) is 0. The maximum absolute atomic E-state index is 11.6. The second-order valence-electron chi connectivity index (χ2n) is 2.89. The highest BCUT2D eigenvalue weighted by molar-refractivity contribution is 8.18. The molecule has 1 atom stereocenters. The normalized spacial score (nSPS) is 18.7. The molecule has 1 N–H and O–H groups in total. The largest absolute Gasteiger partial charge is 0.323 e. The molecule has 82 valence electrons. The lowest BCUT2D eigenvalue weighted by atomic mass is 10.3. The summed E-state index contributed by atoms with van der Waals surface area (Å²) in [4.78, 5) is 12.8. The van der Waals surface area contributed by atoms with Gasteiger partial charge in [-0.15, -0.1) is 24.2 Å². The highest BCUT2D eigenvalue weighted by Crippen LogP contribution is 2.39. The van der Waals surface area contributed by atoms with Crippen LogP contribution >= 0.6 is 35.9 Å². The Balaban J connectivity index is 0.00000112. The second-order valence-corrected chi connectivity index (χ2v) is 5.72. The molecule has 0 radical (unpaired) electrons. The average Bonchev–Trinajstić information content (AvgIpc) is 2.19. The average molecular weight is 262 g/mol. The zero-order chi connectivity index (χ0) is 9.97. The molecule has 1 unspecified atom stereocenters. The van der Waals surface area contributed by atoms with E-state index >= 15 is 0 Å². The van der Waals surface area contributed by atoms with Crippen LogP contribution < -0.4 is 5.32 Å². The fraction of sp³-hybridized carbons (Fsp3) is 0.300. The summed E-state index contributed by atoms with van der Waals surface area (Å²) >= 11 is 3.32. The summed E-state index contributed by atoms with van der Waals surface area (Å²) in [5, 5.41) is 2.91. The molecule has 5 heteroatoms. The molecule has 1 aliphatic rings. The van der Waals surface area contributed by atoms with Crippen molar-refractivity contribution in [3.8, 4) is 0 Å². The Kier molecular flexibility index (Phi) is 4.83. The van der Waals surface area contributed by atoms with Crippen molar-refractivity contribution in [3.63, 3.8) is 0 Å². The molecule has 1 aromatic carbocycles. The zero-order valence-corrected chi connectivity index (χ0v) is 10.7. The van der Waals surface area contributed by atoms with Crippen LogP contribution in [0.5, 0.6) is 0 Å². The van der Waals surface area contributed by atoms with Crippen LogP contribution in [0.4, 0.5) is 5.69 Å². The van der Waals surface area contributed by atoms with Crippen molar-refractivity contribution in [3.05, 3.63) is 24.3 Å². The summed E-state index contributed by atoms with van der Waals surface area (Å²) < 4.78 is 0.00917. The van der Waals surface area contributed by atoms with E-state index in [2.05, 4.69) is 12.2 Å². The predicted octanol–water partition coefficient (Wildman–Crippen LogP) is 3.23. The van der Waals surface area contributed by atoms with Crippen LogP contribution in [0.1, 0.15) is 6.92 Å². The van der Waals surface area contributed by atoms with Crippen molar-refractivity contribution < 1.29 is 4.79 Å². The van der Waals surface area contributed by atoms with Gasteiger partial charge in [0.15, 0.2) is 0 Å². The molecule has 0 saturated carbocycles. The van der Waals surface area contributed by atoms with E-state index in [4.69, 9.17) is 0 Å². The van der Waals surface area contributed by atoms with Gasteiger partial charge in [0.25, 0.3) is 0 Å². The van der Waals surface area contributed by atoms with E-state index in [0.29, 0.717) is 0 Å². The fourth-order valence-corrected chi connectivity index (χ4v) is 3.60. The topological polar surface area (TPSA) is 29.1 Å². The molecule has 15 heavy (non-hydrogen) atoms. The number of anilines is 1. The molecule has 1 aromatic rings.